The molecule has 1 aliphatic rings. The number of likely N-dealkylation sites (N-methyl/N-ethyl adjacent to an activating group) is 1. The Labute approximate surface area is 148 Å². The summed E-state index contributed by atoms with van der Waals surface area (Å²) >= 11 is 0. The molecule has 1 aromatic rings. The lowest BCUT2D eigenvalue weighted by atomic mass is 9.78. The van der Waals surface area contributed by atoms with Crippen LogP contribution >= 0.6 is 0 Å². The second-order valence-corrected chi connectivity index (χ2v) is 5.58. The number of nitrogens with one attached hydrogen (secondary N) is 1. The Bertz CT molecular complexity index is 596. The maximum Gasteiger partial charge on any atom is 0.493 e. The van der Waals surface area contributed by atoms with E-state index in [4.69, 9.17) is 14.0 Å². The van der Waals surface area contributed by atoms with Crippen molar-refractivity contribution in [1.82, 2.24) is 10.2 Å². The van der Waals surface area contributed by atoms with Crippen LogP contribution in [0.15, 0.2) is 30.0 Å². The van der Waals surface area contributed by atoms with Crippen LogP contribution in [0.3, 0.4) is 0 Å². The molecule has 1 saturated heterocycles. The Morgan fingerprint density at radius 1 is 1.28 bits per heavy atom. The van der Waals surface area contributed by atoms with E-state index in [0.29, 0.717) is 19.6 Å². The second-order valence-electron chi connectivity index (χ2n) is 5.58. The Morgan fingerprint density at radius 3 is 2.48 bits per heavy atom. The summed E-state index contributed by atoms with van der Waals surface area (Å²) in [5, 5.41) is 2.36. The van der Waals surface area contributed by atoms with Crippen molar-refractivity contribution in [3.8, 4) is 0 Å². The van der Waals surface area contributed by atoms with Crippen molar-refractivity contribution in [2.75, 3.05) is 40.0 Å². The third kappa shape index (κ3) is 6.01. The molecule has 0 radical (unpaired) electrons. The van der Waals surface area contributed by atoms with E-state index in [1.807, 2.05) is 31.3 Å². The molecular weight excluding hydrogens is 323 g/mol. The average Bonchev–Trinajstić information content (AvgIpc) is 2.58. The van der Waals surface area contributed by atoms with Gasteiger partial charge in [-0.05, 0) is 31.1 Å². The number of carbonyl (C=O) groups excluding carboxylic acids is 2. The van der Waals surface area contributed by atoms with Gasteiger partial charge in [-0.3, -0.25) is 4.79 Å². The van der Waals surface area contributed by atoms with Crippen LogP contribution in [0.4, 0.5) is 0 Å². The third-order valence-corrected chi connectivity index (χ3v) is 3.71. The molecule has 7 nitrogen and oxygen atoms in total. The first-order valence-electron chi connectivity index (χ1n) is 8.24. The molecule has 0 bridgehead atoms. The summed E-state index contributed by atoms with van der Waals surface area (Å²) in [5.74, 6) is -0.575. The number of benzene rings is 1. The smallest absolute Gasteiger partial charge is 0.461 e. The number of nitrogens with zero attached hydrogens (tertiary/aromatic N) is 1. The molecule has 134 valence electrons. The number of carbonyl (C=O) groups is 2. The predicted molar refractivity (Wildman–Crippen MR) is 95.0 cm³/mol. The first kappa shape index (κ1) is 19.2. The van der Waals surface area contributed by atoms with Crippen molar-refractivity contribution in [1.29, 1.82) is 0 Å². The maximum absolute atomic E-state index is 11.8. The van der Waals surface area contributed by atoms with Crippen molar-refractivity contribution in [2.45, 2.75) is 6.92 Å². The van der Waals surface area contributed by atoms with Crippen molar-refractivity contribution in [3.05, 3.63) is 35.5 Å². The highest BCUT2D eigenvalue weighted by molar-refractivity contribution is 6.61. The molecular formula is C17H23BN2O5. The van der Waals surface area contributed by atoms with E-state index < -0.39 is 13.1 Å². The van der Waals surface area contributed by atoms with Gasteiger partial charge in [0.2, 0.25) is 6.41 Å². The summed E-state index contributed by atoms with van der Waals surface area (Å²) in [7, 11) is 1.63. The molecule has 8 heteroatoms. The monoisotopic (exact) mass is 346 g/mol. The normalized spacial score (nSPS) is 16.7. The topological polar surface area (TPSA) is 77.1 Å². The molecule has 0 unspecified atom stereocenters. The molecule has 0 atom stereocenters. The molecule has 2 rings (SSSR count). The van der Waals surface area contributed by atoms with Crippen LogP contribution in [0.2, 0.25) is 0 Å². The molecule has 1 heterocycles. The molecule has 1 aromatic carbocycles. The summed E-state index contributed by atoms with van der Waals surface area (Å²) in [4.78, 5) is 24.6. The number of hydrogen-bond acceptors (Lipinski definition) is 6. The summed E-state index contributed by atoms with van der Waals surface area (Å²) in [5.41, 5.74) is 1.75. The molecule has 1 N–H and O–H groups in total. The highest BCUT2D eigenvalue weighted by Crippen LogP contribution is 2.07. The molecule has 1 fully saturated rings. The predicted octanol–water partition coefficient (Wildman–Crippen LogP) is 0.0104. The lowest BCUT2D eigenvalue weighted by Gasteiger charge is -2.24. The van der Waals surface area contributed by atoms with E-state index in [-0.39, 0.29) is 12.3 Å². The van der Waals surface area contributed by atoms with E-state index >= 15 is 0 Å². The molecule has 0 aromatic heterocycles. The first-order chi connectivity index (χ1) is 12.1. The molecule has 1 aliphatic heterocycles. The van der Waals surface area contributed by atoms with Crippen LogP contribution in [-0.2, 0) is 23.6 Å². The minimum atomic E-state index is -0.575. The number of hydrogen-bond donors (Lipinski definition) is 1. The summed E-state index contributed by atoms with van der Waals surface area (Å²) in [6.07, 6.45) is 2.01. The molecule has 0 aliphatic carbocycles. The van der Waals surface area contributed by atoms with Crippen LogP contribution in [0.1, 0.15) is 12.5 Å². The standard InChI is InChI=1S/C17H23BN2O5/c1-3-23-17(22)16(19-13-21)12-14-4-6-15(7-5-14)18-24-10-8-20(2)9-11-25-18/h4-7,12-13H,3,8-11H2,1-2H3,(H,19,21)/b16-12-. The van der Waals surface area contributed by atoms with Crippen LogP contribution in [0.5, 0.6) is 0 Å². The van der Waals surface area contributed by atoms with Gasteiger partial charge in [0.05, 0.1) is 6.61 Å². The average molecular weight is 346 g/mol. The van der Waals surface area contributed by atoms with Gasteiger partial charge in [-0.25, -0.2) is 4.79 Å². The van der Waals surface area contributed by atoms with E-state index in [1.54, 1.807) is 13.0 Å². The van der Waals surface area contributed by atoms with E-state index in [0.717, 1.165) is 24.1 Å². The Hall–Kier alpha value is -2.16. The van der Waals surface area contributed by atoms with Gasteiger partial charge < -0.3 is 24.3 Å². The van der Waals surface area contributed by atoms with E-state index in [2.05, 4.69) is 10.2 Å². The highest BCUT2D eigenvalue weighted by atomic mass is 16.6. The Balaban J connectivity index is 2.08. The summed E-state index contributed by atoms with van der Waals surface area (Å²) in [6.45, 7) is 4.86. The van der Waals surface area contributed by atoms with Crippen molar-refractivity contribution < 1.29 is 23.6 Å². The second kappa shape index (κ2) is 9.98. The zero-order valence-corrected chi connectivity index (χ0v) is 14.6. The number of rotatable bonds is 6. The van der Waals surface area contributed by atoms with Gasteiger partial charge in [-0.15, -0.1) is 0 Å². The maximum atomic E-state index is 11.8. The fourth-order valence-electron chi connectivity index (χ4n) is 2.33. The zero-order valence-electron chi connectivity index (χ0n) is 14.6. The van der Waals surface area contributed by atoms with Gasteiger partial charge in [0.25, 0.3) is 0 Å². The number of ether oxygens (including phenoxy) is 1. The lowest BCUT2D eigenvalue weighted by molar-refractivity contribution is -0.139. The minimum absolute atomic E-state index is 0.0890. The van der Waals surface area contributed by atoms with Gasteiger partial charge in [-0.1, -0.05) is 24.3 Å². The van der Waals surface area contributed by atoms with E-state index in [9.17, 15) is 9.59 Å². The SMILES string of the molecule is CCOC(=O)/C(=C/c1ccc(B2OCCN(C)CCO2)cc1)NC=O. The molecule has 25 heavy (non-hydrogen) atoms. The third-order valence-electron chi connectivity index (χ3n) is 3.71. The fourth-order valence-corrected chi connectivity index (χ4v) is 2.33. The fraction of sp³-hybridized carbons (Fsp3) is 0.412. The zero-order chi connectivity index (χ0) is 18.1. The first-order valence-corrected chi connectivity index (χ1v) is 8.24. The molecule has 1 amide bonds. The Morgan fingerprint density at radius 2 is 1.92 bits per heavy atom. The largest absolute Gasteiger partial charge is 0.493 e. The number of esters is 1. The Kier molecular flexibility index (Phi) is 7.65. The van der Waals surface area contributed by atoms with Crippen molar-refractivity contribution in [2.24, 2.45) is 0 Å². The molecule has 0 saturated carbocycles. The minimum Gasteiger partial charge on any atom is -0.461 e. The summed E-state index contributed by atoms with van der Waals surface area (Å²) in [6, 6.07) is 7.42. The summed E-state index contributed by atoms with van der Waals surface area (Å²) < 4.78 is 16.4. The number of amides is 1. The van der Waals surface area contributed by atoms with Gasteiger partial charge >= 0.3 is 13.1 Å². The van der Waals surface area contributed by atoms with Gasteiger partial charge in [0, 0.05) is 26.3 Å². The van der Waals surface area contributed by atoms with Gasteiger partial charge in [0.1, 0.15) is 5.70 Å². The van der Waals surface area contributed by atoms with Crippen LogP contribution in [0, 0.1) is 0 Å². The van der Waals surface area contributed by atoms with Crippen LogP contribution in [0.25, 0.3) is 6.08 Å². The van der Waals surface area contributed by atoms with Crippen molar-refractivity contribution in [3.63, 3.8) is 0 Å². The van der Waals surface area contributed by atoms with Gasteiger partial charge in [-0.2, -0.15) is 0 Å². The lowest BCUT2D eigenvalue weighted by Crippen LogP contribution is -2.43. The van der Waals surface area contributed by atoms with E-state index in [1.165, 1.54) is 0 Å². The van der Waals surface area contributed by atoms with Crippen molar-refractivity contribution >= 4 is 31.0 Å². The quantitative estimate of drug-likeness (QED) is 0.339. The highest BCUT2D eigenvalue weighted by Gasteiger charge is 2.23. The van der Waals surface area contributed by atoms with Gasteiger partial charge in [0.15, 0.2) is 0 Å². The molecule has 0 spiro atoms. The van der Waals surface area contributed by atoms with Crippen LogP contribution in [-0.4, -0.2) is 64.4 Å². The van der Waals surface area contributed by atoms with Crippen LogP contribution < -0.4 is 10.8 Å².